The lowest BCUT2D eigenvalue weighted by Gasteiger charge is -2.45. The third-order valence-electron chi connectivity index (χ3n) is 9.70. The normalized spacial score (nSPS) is 17.1. The van der Waals surface area contributed by atoms with E-state index < -0.39 is 7.14 Å². The molecule has 3 fully saturated rings. The second kappa shape index (κ2) is 15.0. The maximum atomic E-state index is 12.9. The Bertz CT molecular complexity index is 2000. The lowest BCUT2D eigenvalue weighted by Crippen LogP contribution is -2.55. The number of imide groups is 1. The second-order valence-electron chi connectivity index (χ2n) is 13.7. The van der Waals surface area contributed by atoms with Gasteiger partial charge >= 0.3 is 6.03 Å². The molecule has 0 bridgehead atoms. The first-order valence-corrected chi connectivity index (χ1v) is 20.3. The van der Waals surface area contributed by atoms with E-state index in [1.54, 1.807) is 25.3 Å². The van der Waals surface area contributed by atoms with Crippen molar-refractivity contribution in [2.75, 3.05) is 98.1 Å². The molecular weight excluding hydrogens is 701 g/mol. The van der Waals surface area contributed by atoms with Crippen molar-refractivity contribution in [3.63, 3.8) is 0 Å². The zero-order chi connectivity index (χ0) is 36.4. The summed E-state index contributed by atoms with van der Waals surface area (Å²) >= 11 is 6.46. The van der Waals surface area contributed by atoms with Gasteiger partial charge in [-0.3, -0.25) is 19.9 Å². The van der Waals surface area contributed by atoms with Gasteiger partial charge in [-0.25, -0.2) is 9.78 Å². The van der Waals surface area contributed by atoms with Crippen molar-refractivity contribution < 1.29 is 18.9 Å². The lowest BCUT2D eigenvalue weighted by molar-refractivity contribution is -0.120. The molecule has 52 heavy (non-hydrogen) atoms. The van der Waals surface area contributed by atoms with Crippen molar-refractivity contribution in [1.82, 2.24) is 20.2 Å². The predicted molar refractivity (Wildman–Crippen MR) is 208 cm³/mol. The van der Waals surface area contributed by atoms with Gasteiger partial charge in [0, 0.05) is 93.1 Å². The van der Waals surface area contributed by atoms with Crippen molar-refractivity contribution >= 4 is 76.2 Å². The number of carbonyl (C=O) groups is 2. The highest BCUT2D eigenvalue weighted by molar-refractivity contribution is 7.70. The topological polar surface area (TPSA) is 135 Å². The van der Waals surface area contributed by atoms with Gasteiger partial charge in [0.25, 0.3) is 0 Å². The fraction of sp³-hybridized carbons (Fsp3) is 0.351. The van der Waals surface area contributed by atoms with E-state index in [9.17, 15) is 14.2 Å². The first-order valence-electron chi connectivity index (χ1n) is 17.4. The summed E-state index contributed by atoms with van der Waals surface area (Å²) in [5.74, 6) is 1.80. The second-order valence-corrected chi connectivity index (χ2v) is 17.3. The molecule has 3 aliphatic heterocycles. The van der Waals surface area contributed by atoms with E-state index in [-0.39, 0.29) is 11.9 Å². The average molecular weight is 744 g/mol. The van der Waals surface area contributed by atoms with Crippen LogP contribution in [-0.2, 0) is 9.36 Å². The molecule has 3 aromatic carbocycles. The smallest absolute Gasteiger partial charge is 0.328 e. The number of ether oxygens (including phenoxy) is 1. The summed E-state index contributed by atoms with van der Waals surface area (Å²) in [6, 6.07) is 21.2. The van der Waals surface area contributed by atoms with Crippen LogP contribution in [0.2, 0.25) is 5.02 Å². The third-order valence-corrected chi connectivity index (χ3v) is 11.5. The summed E-state index contributed by atoms with van der Waals surface area (Å²) < 4.78 is 18.6. The summed E-state index contributed by atoms with van der Waals surface area (Å²) in [7, 11) is -0.889. The molecule has 3 amide bonds. The Balaban J connectivity index is 0.906. The van der Waals surface area contributed by atoms with Crippen LogP contribution in [0.25, 0.3) is 0 Å². The number of urea groups is 1. The zero-order valence-corrected chi connectivity index (χ0v) is 31.2. The van der Waals surface area contributed by atoms with E-state index in [1.165, 1.54) is 6.20 Å². The number of methoxy groups -OCH3 is 1. The number of para-hydroxylation sites is 1. The van der Waals surface area contributed by atoms with Gasteiger partial charge < -0.3 is 29.7 Å². The van der Waals surface area contributed by atoms with E-state index in [2.05, 4.69) is 58.8 Å². The number of piperazine rings is 1. The number of amides is 3. The highest BCUT2D eigenvalue weighted by Crippen LogP contribution is 2.39. The van der Waals surface area contributed by atoms with Gasteiger partial charge in [0.2, 0.25) is 11.9 Å². The molecule has 272 valence electrons. The van der Waals surface area contributed by atoms with Crippen LogP contribution in [0.15, 0.2) is 72.9 Å². The average Bonchev–Trinajstić information content (AvgIpc) is 3.11. The van der Waals surface area contributed by atoms with Crippen molar-refractivity contribution in [1.29, 1.82) is 0 Å². The first kappa shape index (κ1) is 35.6. The summed E-state index contributed by atoms with van der Waals surface area (Å²) in [6.07, 6.45) is 1.85. The van der Waals surface area contributed by atoms with Crippen LogP contribution < -0.4 is 40.7 Å². The minimum Gasteiger partial charge on any atom is -0.494 e. The number of hydrogen-bond donors (Lipinski definition) is 3. The summed E-state index contributed by atoms with van der Waals surface area (Å²) in [5.41, 5.74) is 4.46. The van der Waals surface area contributed by atoms with Gasteiger partial charge in [-0.2, -0.15) is 4.98 Å². The molecule has 0 aliphatic carbocycles. The first-order chi connectivity index (χ1) is 25.0. The number of halogens is 1. The van der Waals surface area contributed by atoms with Gasteiger partial charge in [-0.1, -0.05) is 23.7 Å². The van der Waals surface area contributed by atoms with Crippen molar-refractivity contribution in [3.05, 3.63) is 77.9 Å². The van der Waals surface area contributed by atoms with E-state index in [1.807, 2.05) is 48.5 Å². The van der Waals surface area contributed by atoms with Crippen LogP contribution in [0, 0.1) is 5.92 Å². The van der Waals surface area contributed by atoms with Crippen LogP contribution >= 0.6 is 18.7 Å². The van der Waals surface area contributed by atoms with Gasteiger partial charge in [-0.05, 0) is 61.9 Å². The number of anilines is 7. The maximum absolute atomic E-state index is 12.9. The quantitative estimate of drug-likeness (QED) is 0.166. The van der Waals surface area contributed by atoms with Crippen LogP contribution in [0.3, 0.4) is 0 Å². The van der Waals surface area contributed by atoms with Crippen LogP contribution in [0.1, 0.15) is 6.42 Å². The number of carbonyl (C=O) groups excluding carboxylic acids is 2. The number of benzene rings is 3. The molecular formula is C37H43ClN9O4P. The van der Waals surface area contributed by atoms with Crippen LogP contribution in [-0.4, -0.2) is 99.6 Å². The molecule has 0 unspecified atom stereocenters. The van der Waals surface area contributed by atoms with Gasteiger partial charge in [0.1, 0.15) is 17.9 Å². The zero-order valence-electron chi connectivity index (χ0n) is 29.5. The highest BCUT2D eigenvalue weighted by atomic mass is 35.5. The van der Waals surface area contributed by atoms with Crippen LogP contribution in [0.5, 0.6) is 5.75 Å². The molecule has 3 saturated heterocycles. The largest absolute Gasteiger partial charge is 0.494 e. The van der Waals surface area contributed by atoms with Gasteiger partial charge in [-0.15, -0.1) is 0 Å². The van der Waals surface area contributed by atoms with E-state index in [0.29, 0.717) is 47.1 Å². The highest BCUT2D eigenvalue weighted by Gasteiger charge is 2.31. The predicted octanol–water partition coefficient (Wildman–Crippen LogP) is 5.58. The maximum Gasteiger partial charge on any atom is 0.328 e. The molecule has 0 atom stereocenters. The molecule has 0 saturated carbocycles. The molecule has 7 rings (SSSR count). The van der Waals surface area contributed by atoms with E-state index in [0.717, 1.165) is 73.9 Å². The monoisotopic (exact) mass is 743 g/mol. The number of hydrogen-bond acceptors (Lipinski definition) is 11. The molecule has 0 spiro atoms. The van der Waals surface area contributed by atoms with Crippen molar-refractivity contribution in [2.24, 2.45) is 5.92 Å². The van der Waals surface area contributed by atoms with E-state index >= 15 is 0 Å². The lowest BCUT2D eigenvalue weighted by atomic mass is 9.98. The summed E-state index contributed by atoms with van der Waals surface area (Å²) in [6.45, 7) is 10.8. The Hall–Kier alpha value is -4.84. The van der Waals surface area contributed by atoms with Crippen molar-refractivity contribution in [3.8, 4) is 5.75 Å². The molecule has 3 N–H and O–H groups in total. The Kier molecular flexibility index (Phi) is 10.3. The van der Waals surface area contributed by atoms with E-state index in [4.69, 9.17) is 16.3 Å². The SMILES string of the molecule is COc1cc(N2CCN(CC3CN(c4ccc(N5CCC(=O)NC5=O)cc4)C3)CC2)ccc1Nc1ncc(Cl)c(Nc2ccccc2P(C)(C)=O)n1. The third kappa shape index (κ3) is 7.96. The Morgan fingerprint density at radius 2 is 1.60 bits per heavy atom. The van der Waals surface area contributed by atoms with Crippen molar-refractivity contribution in [2.45, 2.75) is 6.42 Å². The minimum atomic E-state index is -2.54. The molecule has 13 nitrogen and oxygen atoms in total. The molecule has 1 aromatic heterocycles. The molecule has 0 radical (unpaired) electrons. The Morgan fingerprint density at radius 3 is 2.31 bits per heavy atom. The fourth-order valence-corrected chi connectivity index (χ4v) is 8.19. The standard InChI is InChI=1S/C37H43ClN9O4P/c1-51-32-20-28(12-13-30(32)41-36-39-21-29(38)35(43-36)40-31-6-4-5-7-33(31)52(2,3)50)45-18-16-44(17-19-45)22-25-23-46(24-25)26-8-10-27(11-9-26)47-15-14-34(48)42-37(47)49/h4-13,20-21,25H,14-19,22-24H2,1-3H3,(H,42,48,49)(H2,39,40,41,43). The molecule has 4 heterocycles. The fourth-order valence-electron chi connectivity index (χ4n) is 6.90. The number of nitrogens with one attached hydrogen (secondary N) is 3. The summed E-state index contributed by atoms with van der Waals surface area (Å²) in [5, 5.41) is 9.95. The summed E-state index contributed by atoms with van der Waals surface area (Å²) in [4.78, 5) is 41.5. The van der Waals surface area contributed by atoms with Crippen LogP contribution in [0.4, 0.5) is 45.0 Å². The molecule has 3 aliphatic rings. The number of nitrogens with zero attached hydrogens (tertiary/aromatic N) is 6. The molecule has 15 heteroatoms. The number of aromatic nitrogens is 2. The van der Waals surface area contributed by atoms with Gasteiger partial charge in [0.05, 0.1) is 24.7 Å². The Morgan fingerprint density at radius 1 is 0.885 bits per heavy atom. The minimum absolute atomic E-state index is 0.227. The molecule has 4 aromatic rings. The number of rotatable bonds is 11. The Labute approximate surface area is 308 Å². The van der Waals surface area contributed by atoms with Gasteiger partial charge in [0.15, 0.2) is 5.82 Å².